The summed E-state index contributed by atoms with van der Waals surface area (Å²) in [5.41, 5.74) is 2.16. The van der Waals surface area contributed by atoms with Crippen LogP contribution in [0.5, 0.6) is 11.5 Å². The van der Waals surface area contributed by atoms with Crippen LogP contribution in [0, 0.1) is 0 Å². The van der Waals surface area contributed by atoms with E-state index in [2.05, 4.69) is 27.0 Å². The lowest BCUT2D eigenvalue weighted by Crippen LogP contribution is -2.38. The molecule has 0 aliphatic carbocycles. The quantitative estimate of drug-likeness (QED) is 0.147. The molecule has 1 atom stereocenters. The number of aliphatic hydroxyl groups excluding tert-OH is 1. The summed E-state index contributed by atoms with van der Waals surface area (Å²) in [7, 11) is 0. The monoisotopic (exact) mass is 626 g/mol. The highest BCUT2D eigenvalue weighted by Gasteiger charge is 2.28. The van der Waals surface area contributed by atoms with Crippen molar-refractivity contribution in [3.05, 3.63) is 127 Å². The van der Waals surface area contributed by atoms with Gasteiger partial charge in [-0.15, -0.1) is 11.3 Å². The number of aromatic nitrogens is 1. The van der Waals surface area contributed by atoms with Gasteiger partial charge in [-0.2, -0.15) is 0 Å². The maximum absolute atomic E-state index is 14.2. The number of ether oxygens (including phenoxy) is 2. The van der Waals surface area contributed by atoms with Crippen molar-refractivity contribution in [2.45, 2.75) is 58.8 Å². The Hall–Kier alpha value is -4.56. The van der Waals surface area contributed by atoms with Crippen LogP contribution in [0.3, 0.4) is 0 Å². The fourth-order valence-electron chi connectivity index (χ4n) is 4.83. The van der Waals surface area contributed by atoms with Crippen molar-refractivity contribution in [3.63, 3.8) is 0 Å². The summed E-state index contributed by atoms with van der Waals surface area (Å²) in [5.74, 6) is 0.656. The maximum Gasteiger partial charge on any atom is 0.269 e. The summed E-state index contributed by atoms with van der Waals surface area (Å²) in [6.45, 7) is 13.3. The van der Waals surface area contributed by atoms with Crippen molar-refractivity contribution in [1.29, 1.82) is 0 Å². The van der Waals surface area contributed by atoms with Crippen LogP contribution in [0.1, 0.15) is 62.3 Å². The highest BCUT2D eigenvalue weighted by atomic mass is 32.1. The number of allylic oxidation sites excluding steroid dienone is 1. The molecule has 1 N–H and O–H groups in total. The molecule has 4 aromatic rings. The third-order valence-electron chi connectivity index (χ3n) is 7.27. The van der Waals surface area contributed by atoms with Crippen LogP contribution in [0.4, 0.5) is 0 Å². The summed E-state index contributed by atoms with van der Waals surface area (Å²) in [6, 6.07) is 24.8. The first-order valence-corrected chi connectivity index (χ1v) is 16.2. The van der Waals surface area contributed by atoms with Crippen LogP contribution in [0.2, 0.25) is 0 Å². The van der Waals surface area contributed by atoms with E-state index in [0.29, 0.717) is 46.0 Å². The molecule has 4 rings (SSSR count). The van der Waals surface area contributed by atoms with Gasteiger partial charge in [0.2, 0.25) is 6.10 Å². The lowest BCUT2D eigenvalue weighted by Gasteiger charge is -2.28. The minimum Gasteiger partial charge on any atom is -0.511 e. The summed E-state index contributed by atoms with van der Waals surface area (Å²) in [5, 5.41) is 9.66. The molecule has 0 radical (unpaired) electrons. The van der Waals surface area contributed by atoms with E-state index in [4.69, 9.17) is 9.47 Å². The molecular weight excluding hydrogens is 584 g/mol. The number of hydrogen-bond acceptors (Lipinski definition) is 6. The van der Waals surface area contributed by atoms with Crippen LogP contribution in [-0.4, -0.2) is 33.6 Å². The first-order chi connectivity index (χ1) is 21.8. The number of nitrogens with zero attached hydrogens (tertiary/aromatic N) is 2. The zero-order valence-corrected chi connectivity index (χ0v) is 26.9. The lowest BCUT2D eigenvalue weighted by molar-refractivity contribution is -0.139. The Morgan fingerprint density at radius 1 is 0.978 bits per heavy atom. The molecule has 0 saturated heterocycles. The number of hydrogen-bond donors (Lipinski definition) is 1. The van der Waals surface area contributed by atoms with E-state index < -0.39 is 6.10 Å². The van der Waals surface area contributed by atoms with Crippen LogP contribution in [0.25, 0.3) is 12.7 Å². The predicted octanol–water partition coefficient (Wildman–Crippen LogP) is 6.35. The number of carbonyl (C=O) groups excluding carboxylic acids is 1. The van der Waals surface area contributed by atoms with E-state index in [9.17, 15) is 14.7 Å². The third kappa shape index (κ3) is 9.22. The van der Waals surface area contributed by atoms with E-state index >= 15 is 0 Å². The Balaban J connectivity index is 1.77. The number of benzene rings is 3. The molecule has 0 spiro atoms. The molecule has 7 nitrogen and oxygen atoms in total. The van der Waals surface area contributed by atoms with Gasteiger partial charge in [0, 0.05) is 18.7 Å². The summed E-state index contributed by atoms with van der Waals surface area (Å²) in [6.07, 6.45) is 4.63. The van der Waals surface area contributed by atoms with Gasteiger partial charge in [0.25, 0.3) is 11.5 Å². The predicted molar refractivity (Wildman–Crippen MR) is 182 cm³/mol. The smallest absolute Gasteiger partial charge is 0.269 e. The van der Waals surface area contributed by atoms with Crippen molar-refractivity contribution in [1.82, 2.24) is 9.47 Å². The second kappa shape index (κ2) is 16.5. The Kier molecular flexibility index (Phi) is 12.2. The number of rotatable bonds is 16. The maximum atomic E-state index is 14.2. The first-order valence-electron chi connectivity index (χ1n) is 15.4. The molecule has 1 unspecified atom stereocenters. The van der Waals surface area contributed by atoms with Crippen LogP contribution >= 0.6 is 11.3 Å². The Bertz CT molecular complexity index is 1720. The first kappa shape index (κ1) is 33.3. The zero-order chi connectivity index (χ0) is 32.2. The molecule has 0 bridgehead atoms. The van der Waals surface area contributed by atoms with Gasteiger partial charge in [-0.05, 0) is 42.2 Å². The van der Waals surface area contributed by atoms with E-state index in [1.165, 1.54) is 15.9 Å². The fraction of sp³-hybridized carbons (Fsp3) is 0.297. The Morgan fingerprint density at radius 3 is 2.24 bits per heavy atom. The van der Waals surface area contributed by atoms with Gasteiger partial charge in [-0.25, -0.2) is 0 Å². The Labute approximate surface area is 269 Å². The van der Waals surface area contributed by atoms with Crippen molar-refractivity contribution in [2.24, 2.45) is 0 Å². The standard InChI is InChI=1S/C37H42N2O5S/c1-5-7-21-38(22-8-6-2)37(42)35(31-17-13-10-14-18-31)44-33-23-30(19-20-32(33)43-26-29-15-11-9-12-16-29)24-34-36(41)39(25-27(3)40)28(4)45-34/h9-20,23-24,35,40H,3-8,21-22,25-26H2,1-2H3/b34-24-. The van der Waals surface area contributed by atoms with Gasteiger partial charge >= 0.3 is 0 Å². The third-order valence-corrected chi connectivity index (χ3v) is 8.24. The molecule has 45 heavy (non-hydrogen) atoms. The number of amides is 1. The Morgan fingerprint density at radius 2 is 1.62 bits per heavy atom. The van der Waals surface area contributed by atoms with Crippen molar-refractivity contribution in [3.8, 4) is 11.5 Å². The largest absolute Gasteiger partial charge is 0.511 e. The van der Waals surface area contributed by atoms with Gasteiger partial charge in [0.05, 0.1) is 15.7 Å². The number of aliphatic hydroxyl groups is 1. The van der Waals surface area contributed by atoms with Crippen molar-refractivity contribution in [2.75, 3.05) is 13.1 Å². The number of unbranched alkanes of at least 4 members (excludes halogenated alkanes) is 2. The van der Waals surface area contributed by atoms with E-state index in [1.54, 1.807) is 18.2 Å². The molecular formula is C37H42N2O5S. The average molecular weight is 627 g/mol. The highest BCUT2D eigenvalue weighted by molar-refractivity contribution is 7.07. The van der Waals surface area contributed by atoms with Crippen LogP contribution in [0.15, 0.2) is 96.0 Å². The van der Waals surface area contributed by atoms with Gasteiger partial charge in [-0.3, -0.25) is 14.2 Å². The highest BCUT2D eigenvalue weighted by Crippen LogP contribution is 2.34. The minimum atomic E-state index is -0.893. The SMILES string of the molecule is C=C(O)Cn1c(=C)s/c(=C\c2ccc(OCc3ccccc3)c(OC(C(=O)N(CCCC)CCCC)c3ccccc3)c2)c1=O. The minimum absolute atomic E-state index is 0.0178. The van der Waals surface area contributed by atoms with Crippen molar-refractivity contribution >= 4 is 29.9 Å². The molecule has 1 aromatic heterocycles. The number of carbonyl (C=O) groups is 1. The molecule has 1 heterocycles. The molecule has 8 heteroatoms. The fourth-order valence-corrected chi connectivity index (χ4v) is 5.73. The molecule has 0 aliphatic rings. The molecule has 0 aliphatic heterocycles. The second-order valence-electron chi connectivity index (χ2n) is 10.9. The molecule has 1 amide bonds. The molecule has 236 valence electrons. The van der Waals surface area contributed by atoms with Crippen LogP contribution < -0.4 is 24.2 Å². The lowest BCUT2D eigenvalue weighted by atomic mass is 10.1. The van der Waals surface area contributed by atoms with Gasteiger partial charge < -0.3 is 19.5 Å². The van der Waals surface area contributed by atoms with Crippen LogP contribution in [-0.2, 0) is 17.9 Å². The van der Waals surface area contributed by atoms with E-state index in [0.717, 1.165) is 36.8 Å². The molecule has 3 aromatic carbocycles. The second-order valence-corrected chi connectivity index (χ2v) is 12.0. The molecule has 0 fully saturated rings. The average Bonchev–Trinajstić information content (AvgIpc) is 3.30. The normalized spacial score (nSPS) is 12.1. The zero-order valence-electron chi connectivity index (χ0n) is 26.1. The van der Waals surface area contributed by atoms with Gasteiger partial charge in [0.15, 0.2) is 11.5 Å². The van der Waals surface area contributed by atoms with Gasteiger partial charge in [0.1, 0.15) is 12.4 Å². The summed E-state index contributed by atoms with van der Waals surface area (Å²) < 4.78 is 15.2. The molecule has 0 saturated carbocycles. The van der Waals surface area contributed by atoms with E-state index in [1.807, 2.05) is 71.6 Å². The van der Waals surface area contributed by atoms with E-state index in [-0.39, 0.29) is 23.8 Å². The summed E-state index contributed by atoms with van der Waals surface area (Å²) >= 11 is 1.23. The van der Waals surface area contributed by atoms with Gasteiger partial charge in [-0.1, -0.05) is 107 Å². The summed E-state index contributed by atoms with van der Waals surface area (Å²) in [4.78, 5) is 29.2. The topological polar surface area (TPSA) is 81.0 Å². The number of thiazole rings is 1. The van der Waals surface area contributed by atoms with Crippen molar-refractivity contribution < 1.29 is 19.4 Å².